The molecule has 0 radical (unpaired) electrons. The zero-order valence-corrected chi connectivity index (χ0v) is 9.93. The van der Waals surface area contributed by atoms with Crippen molar-refractivity contribution in [3.63, 3.8) is 0 Å². The molecule has 0 fully saturated rings. The number of halogens is 2. The molecule has 1 amide bonds. The van der Waals surface area contributed by atoms with E-state index in [0.717, 1.165) is 0 Å². The van der Waals surface area contributed by atoms with Gasteiger partial charge in [0.05, 0.1) is 6.04 Å². The standard InChI is InChI=1S/C12H15ClFNO/c1-9(15-12(16)7-4-8-13)10-5-2-3-6-11(10)14/h2-3,5-6,9H,4,7-8H2,1H3,(H,15,16)/t9-/m1/s1. The van der Waals surface area contributed by atoms with Crippen molar-refractivity contribution in [1.82, 2.24) is 5.32 Å². The van der Waals surface area contributed by atoms with Gasteiger partial charge in [-0.25, -0.2) is 4.39 Å². The second-order valence-corrected chi connectivity index (χ2v) is 3.98. The predicted octanol–water partition coefficient (Wildman–Crippen LogP) is 3.02. The lowest BCUT2D eigenvalue weighted by atomic mass is 10.1. The average Bonchev–Trinajstić information content (AvgIpc) is 2.26. The van der Waals surface area contributed by atoms with E-state index in [-0.39, 0.29) is 17.8 Å². The minimum atomic E-state index is -0.316. The lowest BCUT2D eigenvalue weighted by Gasteiger charge is -2.14. The molecular weight excluding hydrogens is 229 g/mol. The molecule has 1 atom stereocenters. The molecule has 0 aliphatic carbocycles. The fraction of sp³-hybridized carbons (Fsp3) is 0.417. The van der Waals surface area contributed by atoms with Crippen molar-refractivity contribution in [2.24, 2.45) is 0 Å². The molecule has 0 unspecified atom stereocenters. The summed E-state index contributed by atoms with van der Waals surface area (Å²) in [7, 11) is 0. The Hall–Kier alpha value is -1.09. The molecule has 2 nitrogen and oxygen atoms in total. The topological polar surface area (TPSA) is 29.1 Å². The Morgan fingerprint density at radius 1 is 1.50 bits per heavy atom. The number of benzene rings is 1. The SMILES string of the molecule is C[C@@H](NC(=O)CCCCl)c1ccccc1F. The van der Waals surface area contributed by atoms with Crippen molar-refractivity contribution < 1.29 is 9.18 Å². The van der Waals surface area contributed by atoms with Crippen LogP contribution in [-0.2, 0) is 4.79 Å². The Labute approximate surface area is 99.8 Å². The third-order valence-electron chi connectivity index (χ3n) is 2.29. The van der Waals surface area contributed by atoms with Crippen LogP contribution in [0.5, 0.6) is 0 Å². The van der Waals surface area contributed by atoms with Crippen LogP contribution in [0.2, 0.25) is 0 Å². The highest BCUT2D eigenvalue weighted by Crippen LogP contribution is 2.16. The van der Waals surface area contributed by atoms with Gasteiger partial charge in [0.15, 0.2) is 0 Å². The van der Waals surface area contributed by atoms with Crippen LogP contribution < -0.4 is 5.32 Å². The van der Waals surface area contributed by atoms with E-state index < -0.39 is 0 Å². The van der Waals surface area contributed by atoms with Gasteiger partial charge < -0.3 is 5.32 Å². The largest absolute Gasteiger partial charge is 0.349 e. The number of rotatable bonds is 5. The van der Waals surface area contributed by atoms with Gasteiger partial charge in [0.2, 0.25) is 5.91 Å². The van der Waals surface area contributed by atoms with E-state index in [1.807, 2.05) is 0 Å². The first-order chi connectivity index (χ1) is 7.65. The van der Waals surface area contributed by atoms with E-state index in [1.54, 1.807) is 25.1 Å². The first-order valence-electron chi connectivity index (χ1n) is 5.25. The molecule has 1 aromatic carbocycles. The van der Waals surface area contributed by atoms with Gasteiger partial charge in [0.25, 0.3) is 0 Å². The predicted molar refractivity (Wildman–Crippen MR) is 62.9 cm³/mol. The minimum absolute atomic E-state index is 0.101. The normalized spacial score (nSPS) is 12.2. The highest BCUT2D eigenvalue weighted by molar-refractivity contribution is 6.17. The zero-order valence-electron chi connectivity index (χ0n) is 9.17. The third kappa shape index (κ3) is 3.81. The average molecular weight is 244 g/mol. The van der Waals surface area contributed by atoms with E-state index in [2.05, 4.69) is 5.32 Å². The first-order valence-corrected chi connectivity index (χ1v) is 5.78. The lowest BCUT2D eigenvalue weighted by molar-refractivity contribution is -0.121. The summed E-state index contributed by atoms with van der Waals surface area (Å²) in [4.78, 5) is 11.4. The van der Waals surface area contributed by atoms with Crippen LogP contribution in [0.4, 0.5) is 4.39 Å². The summed E-state index contributed by atoms with van der Waals surface area (Å²) in [6.07, 6.45) is 1.01. The summed E-state index contributed by atoms with van der Waals surface area (Å²) >= 11 is 5.48. The minimum Gasteiger partial charge on any atom is -0.349 e. The van der Waals surface area contributed by atoms with Gasteiger partial charge in [-0.2, -0.15) is 0 Å². The van der Waals surface area contributed by atoms with Gasteiger partial charge in [-0.05, 0) is 19.4 Å². The van der Waals surface area contributed by atoms with Crippen LogP contribution in [0.3, 0.4) is 0 Å². The van der Waals surface area contributed by atoms with Gasteiger partial charge in [0.1, 0.15) is 5.82 Å². The molecule has 0 heterocycles. The van der Waals surface area contributed by atoms with Crippen LogP contribution in [0.25, 0.3) is 0 Å². The number of alkyl halides is 1. The quantitative estimate of drug-likeness (QED) is 0.792. The Bertz CT molecular complexity index is 357. The molecule has 0 bridgehead atoms. The summed E-state index contributed by atoms with van der Waals surface area (Å²) in [5, 5.41) is 2.73. The number of hydrogen-bond donors (Lipinski definition) is 1. The summed E-state index contributed by atoms with van der Waals surface area (Å²) < 4.78 is 13.4. The molecule has 0 saturated heterocycles. The Morgan fingerprint density at radius 3 is 2.81 bits per heavy atom. The third-order valence-corrected chi connectivity index (χ3v) is 2.55. The molecule has 1 aromatic rings. The number of nitrogens with one attached hydrogen (secondary N) is 1. The van der Waals surface area contributed by atoms with Crippen LogP contribution in [0, 0.1) is 5.82 Å². The molecule has 1 N–H and O–H groups in total. The van der Waals surface area contributed by atoms with E-state index in [0.29, 0.717) is 24.3 Å². The molecule has 4 heteroatoms. The van der Waals surface area contributed by atoms with Crippen LogP contribution >= 0.6 is 11.6 Å². The second kappa shape index (κ2) is 6.48. The summed E-state index contributed by atoms with van der Waals surface area (Å²) in [6, 6.07) is 6.11. The molecule has 0 aliphatic heterocycles. The van der Waals surface area contributed by atoms with E-state index >= 15 is 0 Å². The van der Waals surface area contributed by atoms with Crippen molar-refractivity contribution in [2.75, 3.05) is 5.88 Å². The van der Waals surface area contributed by atoms with Crippen molar-refractivity contribution in [1.29, 1.82) is 0 Å². The molecule has 16 heavy (non-hydrogen) atoms. The Balaban J connectivity index is 2.55. The van der Waals surface area contributed by atoms with Crippen LogP contribution in [0.1, 0.15) is 31.4 Å². The smallest absolute Gasteiger partial charge is 0.220 e. The van der Waals surface area contributed by atoms with Crippen molar-refractivity contribution >= 4 is 17.5 Å². The molecule has 0 aliphatic rings. The summed E-state index contributed by atoms with van der Waals surface area (Å²) in [5.74, 6) is 0.0608. The fourth-order valence-corrected chi connectivity index (χ4v) is 1.58. The van der Waals surface area contributed by atoms with Gasteiger partial charge in [0, 0.05) is 17.9 Å². The van der Waals surface area contributed by atoms with Crippen LogP contribution in [-0.4, -0.2) is 11.8 Å². The van der Waals surface area contributed by atoms with E-state index in [4.69, 9.17) is 11.6 Å². The number of carbonyl (C=O) groups is 1. The first kappa shape index (κ1) is 13.0. The fourth-order valence-electron chi connectivity index (χ4n) is 1.45. The molecule has 0 spiro atoms. The van der Waals surface area contributed by atoms with Gasteiger partial charge in [-0.15, -0.1) is 11.6 Å². The van der Waals surface area contributed by atoms with Gasteiger partial charge in [-0.1, -0.05) is 18.2 Å². The lowest BCUT2D eigenvalue weighted by Crippen LogP contribution is -2.26. The Kier molecular flexibility index (Phi) is 5.26. The maximum absolute atomic E-state index is 13.4. The van der Waals surface area contributed by atoms with E-state index in [1.165, 1.54) is 6.07 Å². The maximum Gasteiger partial charge on any atom is 0.220 e. The summed E-state index contributed by atoms with van der Waals surface area (Å²) in [6.45, 7) is 1.76. The monoisotopic (exact) mass is 243 g/mol. The van der Waals surface area contributed by atoms with Gasteiger partial charge in [-0.3, -0.25) is 4.79 Å². The molecule has 88 valence electrons. The highest BCUT2D eigenvalue weighted by atomic mass is 35.5. The zero-order chi connectivity index (χ0) is 12.0. The molecule has 1 rings (SSSR count). The molecule has 0 aromatic heterocycles. The molecular formula is C12H15ClFNO. The highest BCUT2D eigenvalue weighted by Gasteiger charge is 2.12. The van der Waals surface area contributed by atoms with E-state index in [9.17, 15) is 9.18 Å². The van der Waals surface area contributed by atoms with Crippen molar-refractivity contribution in [2.45, 2.75) is 25.8 Å². The Morgan fingerprint density at radius 2 is 2.19 bits per heavy atom. The van der Waals surface area contributed by atoms with Gasteiger partial charge >= 0.3 is 0 Å². The molecule has 0 saturated carbocycles. The maximum atomic E-state index is 13.4. The number of hydrogen-bond acceptors (Lipinski definition) is 1. The van der Waals surface area contributed by atoms with Crippen molar-refractivity contribution in [3.05, 3.63) is 35.6 Å². The van der Waals surface area contributed by atoms with Crippen LogP contribution in [0.15, 0.2) is 24.3 Å². The van der Waals surface area contributed by atoms with Crippen molar-refractivity contribution in [3.8, 4) is 0 Å². The number of carbonyl (C=O) groups excluding carboxylic acids is 1. The number of amides is 1. The second-order valence-electron chi connectivity index (χ2n) is 3.60. The summed E-state index contributed by atoms with van der Waals surface area (Å²) in [5.41, 5.74) is 0.502.